The molecule has 1 N–H and O–H groups in total. The summed E-state index contributed by atoms with van der Waals surface area (Å²) in [6.45, 7) is 6.02. The lowest BCUT2D eigenvalue weighted by Gasteiger charge is -2.11. The number of nitrogens with zero attached hydrogens (tertiary/aromatic N) is 1. The van der Waals surface area contributed by atoms with Crippen LogP contribution in [0.2, 0.25) is 0 Å². The molecular formula is C15H18N2O2. The maximum atomic E-state index is 11.7. The Morgan fingerprint density at radius 3 is 2.63 bits per heavy atom. The molecule has 1 aromatic heterocycles. The van der Waals surface area contributed by atoms with Crippen molar-refractivity contribution in [1.29, 1.82) is 0 Å². The summed E-state index contributed by atoms with van der Waals surface area (Å²) in [5, 5.41) is 0. The van der Waals surface area contributed by atoms with E-state index in [0.29, 0.717) is 11.6 Å². The standard InChI is InChI=1S/C15H18N2O2/c1-9(2)12-8-14(18)17-15(16-12)11-6-5-10(3)7-13(11)19-4/h5-9H,1-4H3,(H,16,17,18). The fourth-order valence-corrected chi connectivity index (χ4v) is 1.89. The Morgan fingerprint density at radius 2 is 2.00 bits per heavy atom. The lowest BCUT2D eigenvalue weighted by Crippen LogP contribution is -2.11. The number of aromatic amines is 1. The molecule has 0 amide bonds. The van der Waals surface area contributed by atoms with Crippen LogP contribution in [0.1, 0.15) is 31.0 Å². The van der Waals surface area contributed by atoms with Crippen LogP contribution in [-0.2, 0) is 0 Å². The molecule has 0 spiro atoms. The first kappa shape index (κ1) is 13.3. The van der Waals surface area contributed by atoms with Gasteiger partial charge in [0.1, 0.15) is 11.6 Å². The van der Waals surface area contributed by atoms with Gasteiger partial charge in [-0.2, -0.15) is 0 Å². The van der Waals surface area contributed by atoms with Gasteiger partial charge in [-0.15, -0.1) is 0 Å². The van der Waals surface area contributed by atoms with E-state index >= 15 is 0 Å². The van der Waals surface area contributed by atoms with Gasteiger partial charge < -0.3 is 9.72 Å². The van der Waals surface area contributed by atoms with E-state index < -0.39 is 0 Å². The Kier molecular flexibility index (Phi) is 3.69. The summed E-state index contributed by atoms with van der Waals surface area (Å²) in [4.78, 5) is 19.0. The molecule has 0 radical (unpaired) electrons. The summed E-state index contributed by atoms with van der Waals surface area (Å²) >= 11 is 0. The number of rotatable bonds is 3. The predicted molar refractivity (Wildman–Crippen MR) is 75.7 cm³/mol. The van der Waals surface area contributed by atoms with Gasteiger partial charge in [-0.3, -0.25) is 4.79 Å². The number of aromatic nitrogens is 2. The van der Waals surface area contributed by atoms with Crippen molar-refractivity contribution in [2.45, 2.75) is 26.7 Å². The van der Waals surface area contributed by atoms with E-state index in [1.807, 2.05) is 39.0 Å². The molecule has 1 aromatic carbocycles. The third-order valence-corrected chi connectivity index (χ3v) is 2.97. The number of methoxy groups -OCH3 is 1. The Hall–Kier alpha value is -2.10. The number of nitrogens with one attached hydrogen (secondary N) is 1. The van der Waals surface area contributed by atoms with E-state index in [4.69, 9.17) is 4.74 Å². The van der Waals surface area contributed by atoms with Crippen molar-refractivity contribution >= 4 is 0 Å². The van der Waals surface area contributed by atoms with E-state index in [2.05, 4.69) is 9.97 Å². The van der Waals surface area contributed by atoms with E-state index in [-0.39, 0.29) is 11.5 Å². The predicted octanol–water partition coefficient (Wildman–Crippen LogP) is 2.88. The van der Waals surface area contributed by atoms with Gasteiger partial charge in [-0.25, -0.2) is 4.98 Å². The molecule has 0 saturated heterocycles. The van der Waals surface area contributed by atoms with Gasteiger partial charge in [0.15, 0.2) is 0 Å². The van der Waals surface area contributed by atoms with Gasteiger partial charge in [0.05, 0.1) is 18.4 Å². The number of H-pyrrole nitrogens is 1. The lowest BCUT2D eigenvalue weighted by atomic mass is 10.1. The molecule has 2 rings (SSSR count). The topological polar surface area (TPSA) is 55.0 Å². The van der Waals surface area contributed by atoms with Crippen LogP contribution in [-0.4, -0.2) is 17.1 Å². The van der Waals surface area contributed by atoms with Crippen LogP contribution in [0.15, 0.2) is 29.1 Å². The highest BCUT2D eigenvalue weighted by atomic mass is 16.5. The fraction of sp³-hybridized carbons (Fsp3) is 0.333. The van der Waals surface area contributed by atoms with E-state index in [1.165, 1.54) is 6.07 Å². The minimum atomic E-state index is -0.142. The average Bonchev–Trinajstić information content (AvgIpc) is 2.37. The molecule has 0 atom stereocenters. The molecule has 4 heteroatoms. The number of hydrogen-bond donors (Lipinski definition) is 1. The molecule has 0 unspecified atom stereocenters. The van der Waals surface area contributed by atoms with Crippen molar-refractivity contribution in [3.8, 4) is 17.1 Å². The Morgan fingerprint density at radius 1 is 1.26 bits per heavy atom. The number of benzene rings is 1. The first-order chi connectivity index (χ1) is 9.01. The monoisotopic (exact) mass is 258 g/mol. The highest BCUT2D eigenvalue weighted by molar-refractivity contribution is 5.64. The van der Waals surface area contributed by atoms with Gasteiger partial charge in [-0.1, -0.05) is 19.9 Å². The molecule has 1 heterocycles. The molecule has 0 aliphatic heterocycles. The first-order valence-corrected chi connectivity index (χ1v) is 6.27. The second-order valence-electron chi connectivity index (χ2n) is 4.88. The van der Waals surface area contributed by atoms with Crippen LogP contribution < -0.4 is 10.3 Å². The second kappa shape index (κ2) is 5.26. The van der Waals surface area contributed by atoms with Crippen LogP contribution in [0, 0.1) is 6.92 Å². The van der Waals surface area contributed by atoms with Crippen LogP contribution in [0.25, 0.3) is 11.4 Å². The smallest absolute Gasteiger partial charge is 0.251 e. The molecule has 0 bridgehead atoms. The zero-order valence-electron chi connectivity index (χ0n) is 11.7. The third kappa shape index (κ3) is 2.84. The van der Waals surface area contributed by atoms with Gasteiger partial charge in [0.25, 0.3) is 5.56 Å². The van der Waals surface area contributed by atoms with Crippen molar-refractivity contribution in [2.24, 2.45) is 0 Å². The minimum Gasteiger partial charge on any atom is -0.496 e. The molecule has 0 saturated carbocycles. The van der Waals surface area contributed by atoms with Crippen molar-refractivity contribution in [3.05, 3.63) is 45.9 Å². The number of aryl methyl sites for hydroxylation is 1. The molecule has 4 nitrogen and oxygen atoms in total. The zero-order chi connectivity index (χ0) is 14.0. The molecule has 0 fully saturated rings. The summed E-state index contributed by atoms with van der Waals surface area (Å²) < 4.78 is 5.36. The largest absolute Gasteiger partial charge is 0.496 e. The third-order valence-electron chi connectivity index (χ3n) is 2.97. The average molecular weight is 258 g/mol. The number of hydrogen-bond acceptors (Lipinski definition) is 3. The van der Waals surface area contributed by atoms with E-state index in [9.17, 15) is 4.79 Å². The van der Waals surface area contributed by atoms with Gasteiger partial charge in [-0.05, 0) is 30.5 Å². The van der Waals surface area contributed by atoms with Gasteiger partial charge in [0.2, 0.25) is 0 Å². The molecular weight excluding hydrogens is 240 g/mol. The molecule has 0 aliphatic carbocycles. The first-order valence-electron chi connectivity index (χ1n) is 6.27. The Balaban J connectivity index is 2.61. The highest BCUT2D eigenvalue weighted by Gasteiger charge is 2.11. The maximum Gasteiger partial charge on any atom is 0.251 e. The zero-order valence-corrected chi connectivity index (χ0v) is 11.7. The molecule has 0 aliphatic rings. The van der Waals surface area contributed by atoms with Crippen LogP contribution >= 0.6 is 0 Å². The van der Waals surface area contributed by atoms with Crippen molar-refractivity contribution in [2.75, 3.05) is 7.11 Å². The quantitative estimate of drug-likeness (QED) is 0.921. The summed E-state index contributed by atoms with van der Waals surface area (Å²) in [7, 11) is 1.61. The highest BCUT2D eigenvalue weighted by Crippen LogP contribution is 2.28. The van der Waals surface area contributed by atoms with Gasteiger partial charge >= 0.3 is 0 Å². The summed E-state index contributed by atoms with van der Waals surface area (Å²) in [5.74, 6) is 1.47. The van der Waals surface area contributed by atoms with Gasteiger partial charge in [0, 0.05) is 6.07 Å². The summed E-state index contributed by atoms with van der Waals surface area (Å²) in [6.07, 6.45) is 0. The molecule has 2 aromatic rings. The van der Waals surface area contributed by atoms with Crippen LogP contribution in [0.4, 0.5) is 0 Å². The molecule has 100 valence electrons. The van der Waals surface area contributed by atoms with Crippen molar-refractivity contribution in [1.82, 2.24) is 9.97 Å². The summed E-state index contributed by atoms with van der Waals surface area (Å²) in [5.41, 5.74) is 2.54. The normalized spacial score (nSPS) is 10.8. The summed E-state index contributed by atoms with van der Waals surface area (Å²) in [6, 6.07) is 7.35. The van der Waals surface area contributed by atoms with Crippen LogP contribution in [0.5, 0.6) is 5.75 Å². The maximum absolute atomic E-state index is 11.7. The molecule has 19 heavy (non-hydrogen) atoms. The lowest BCUT2D eigenvalue weighted by molar-refractivity contribution is 0.416. The van der Waals surface area contributed by atoms with Crippen LogP contribution in [0.3, 0.4) is 0 Å². The fourth-order valence-electron chi connectivity index (χ4n) is 1.89. The minimum absolute atomic E-state index is 0.142. The SMILES string of the molecule is COc1cc(C)ccc1-c1nc(C(C)C)cc(=O)[nH]1. The Labute approximate surface area is 112 Å². The van der Waals surface area contributed by atoms with E-state index in [1.54, 1.807) is 7.11 Å². The van der Waals surface area contributed by atoms with Crippen molar-refractivity contribution in [3.63, 3.8) is 0 Å². The number of ether oxygens (including phenoxy) is 1. The second-order valence-corrected chi connectivity index (χ2v) is 4.88. The van der Waals surface area contributed by atoms with E-state index in [0.717, 1.165) is 16.8 Å². The Bertz CT molecular complexity index is 645. The van der Waals surface area contributed by atoms with Crippen molar-refractivity contribution < 1.29 is 4.74 Å².